The summed E-state index contributed by atoms with van der Waals surface area (Å²) in [5.41, 5.74) is 2.26. The summed E-state index contributed by atoms with van der Waals surface area (Å²) < 4.78 is 0. The van der Waals surface area contributed by atoms with E-state index in [2.05, 4.69) is 49.1 Å². The van der Waals surface area contributed by atoms with Gasteiger partial charge in [0.15, 0.2) is 0 Å². The molecule has 0 saturated carbocycles. The van der Waals surface area contributed by atoms with Crippen molar-refractivity contribution in [2.75, 3.05) is 13.1 Å². The van der Waals surface area contributed by atoms with Crippen molar-refractivity contribution in [3.05, 3.63) is 82.0 Å². The van der Waals surface area contributed by atoms with Crippen LogP contribution in [0.1, 0.15) is 26.8 Å². The Labute approximate surface area is 150 Å². The smallest absolute Gasteiger partial charge is 0.233 e. The molecule has 1 aromatic carbocycles. The Balaban J connectivity index is 0.00000225. The minimum Gasteiger partial charge on any atom is -0.292 e. The zero-order valence-corrected chi connectivity index (χ0v) is 14.3. The number of nitrogens with zero attached hydrogens (tertiary/aromatic N) is 2. The fourth-order valence-electron chi connectivity index (χ4n) is 3.45. The third kappa shape index (κ3) is 4.67. The molecule has 1 fully saturated rings. The van der Waals surface area contributed by atoms with Crippen LogP contribution in [0.25, 0.3) is 0 Å². The first-order valence-corrected chi connectivity index (χ1v) is 8.43. The molecule has 1 aliphatic carbocycles. The molecule has 1 saturated heterocycles. The molecule has 2 aliphatic rings. The molecule has 2 unspecified atom stereocenters. The van der Waals surface area contributed by atoms with E-state index < -0.39 is 6.04 Å². The first-order valence-electron chi connectivity index (χ1n) is 8.43. The monoisotopic (exact) mass is 340 g/mol. The van der Waals surface area contributed by atoms with Crippen LogP contribution in [0.2, 0.25) is 0 Å². The van der Waals surface area contributed by atoms with Crippen LogP contribution in [0.5, 0.6) is 0 Å². The van der Waals surface area contributed by atoms with Gasteiger partial charge in [-0.15, -0.1) is 0 Å². The fourth-order valence-corrected chi connectivity index (χ4v) is 3.45. The van der Waals surface area contributed by atoms with E-state index in [1.165, 1.54) is 5.56 Å². The van der Waals surface area contributed by atoms with Crippen molar-refractivity contribution in [3.8, 4) is 0 Å². The standard InChI is InChI=1S/C20H24N2O2.CH4/c1-20(2)11-6-9-17(10-12-20)18-14-21(15-19(18)22(23)24)13-16-7-4-3-5-8-16;/h3-12,18-19H,13-15H2,1-2H3;1H4. The fraction of sp³-hybridized carbons (Fsp3) is 0.429. The van der Waals surface area contributed by atoms with Crippen molar-refractivity contribution in [1.29, 1.82) is 0 Å². The van der Waals surface area contributed by atoms with E-state index in [9.17, 15) is 10.1 Å². The summed E-state index contributed by atoms with van der Waals surface area (Å²) in [6.07, 6.45) is 10.4. The second kappa shape index (κ2) is 7.79. The normalized spacial score (nSPS) is 25.1. The first kappa shape index (κ1) is 19.1. The van der Waals surface area contributed by atoms with Gasteiger partial charge in [0.2, 0.25) is 6.04 Å². The minimum atomic E-state index is -0.542. The van der Waals surface area contributed by atoms with Crippen LogP contribution in [0, 0.1) is 21.4 Å². The molecule has 4 heteroatoms. The van der Waals surface area contributed by atoms with E-state index in [-0.39, 0.29) is 23.7 Å². The topological polar surface area (TPSA) is 46.4 Å². The van der Waals surface area contributed by atoms with Gasteiger partial charge >= 0.3 is 0 Å². The van der Waals surface area contributed by atoms with Gasteiger partial charge in [0.05, 0.1) is 12.5 Å². The quantitative estimate of drug-likeness (QED) is 0.600. The summed E-state index contributed by atoms with van der Waals surface area (Å²) in [5, 5.41) is 11.6. The zero-order valence-electron chi connectivity index (χ0n) is 14.3. The van der Waals surface area contributed by atoms with Crippen LogP contribution >= 0.6 is 0 Å². The Morgan fingerprint density at radius 2 is 1.92 bits per heavy atom. The van der Waals surface area contributed by atoms with Gasteiger partial charge in [-0.1, -0.05) is 82.0 Å². The van der Waals surface area contributed by atoms with Crippen molar-refractivity contribution >= 4 is 0 Å². The van der Waals surface area contributed by atoms with Gasteiger partial charge < -0.3 is 0 Å². The van der Waals surface area contributed by atoms with Gasteiger partial charge in [-0.25, -0.2) is 0 Å². The summed E-state index contributed by atoms with van der Waals surface area (Å²) in [6, 6.07) is 9.62. The Morgan fingerprint density at radius 1 is 1.20 bits per heavy atom. The Morgan fingerprint density at radius 3 is 2.60 bits per heavy atom. The highest BCUT2D eigenvalue weighted by Crippen LogP contribution is 2.31. The van der Waals surface area contributed by atoms with E-state index in [1.54, 1.807) is 0 Å². The third-order valence-electron chi connectivity index (χ3n) is 4.83. The number of hydrogen-bond acceptors (Lipinski definition) is 3. The zero-order chi connectivity index (χ0) is 17.2. The van der Waals surface area contributed by atoms with Crippen LogP contribution in [-0.2, 0) is 6.54 Å². The maximum atomic E-state index is 11.6. The van der Waals surface area contributed by atoms with Gasteiger partial charge in [0, 0.05) is 23.4 Å². The van der Waals surface area contributed by atoms with Crippen LogP contribution in [0.3, 0.4) is 0 Å². The second-order valence-corrected chi connectivity index (χ2v) is 7.32. The molecule has 1 aromatic rings. The average molecular weight is 340 g/mol. The highest BCUT2D eigenvalue weighted by atomic mass is 16.6. The van der Waals surface area contributed by atoms with E-state index in [4.69, 9.17) is 0 Å². The molecule has 0 spiro atoms. The minimum absolute atomic E-state index is 0. The molecular weight excluding hydrogens is 312 g/mol. The average Bonchev–Trinajstić information content (AvgIpc) is 2.86. The van der Waals surface area contributed by atoms with Gasteiger partial charge in [0.25, 0.3) is 0 Å². The lowest BCUT2D eigenvalue weighted by Crippen LogP contribution is -2.29. The first-order chi connectivity index (χ1) is 11.4. The van der Waals surface area contributed by atoms with E-state index in [0.717, 1.165) is 18.7 Å². The van der Waals surface area contributed by atoms with E-state index in [0.29, 0.717) is 6.54 Å². The summed E-state index contributed by atoms with van der Waals surface area (Å²) in [4.78, 5) is 13.7. The predicted molar refractivity (Wildman–Crippen MR) is 103 cm³/mol. The largest absolute Gasteiger partial charge is 0.292 e. The maximum absolute atomic E-state index is 11.6. The van der Waals surface area contributed by atoms with Crippen molar-refractivity contribution in [2.24, 2.45) is 11.3 Å². The lowest BCUT2D eigenvalue weighted by molar-refractivity contribution is -0.524. The van der Waals surface area contributed by atoms with Crippen LogP contribution < -0.4 is 0 Å². The van der Waals surface area contributed by atoms with Gasteiger partial charge in [-0.05, 0) is 11.1 Å². The maximum Gasteiger partial charge on any atom is 0.233 e. The molecule has 2 atom stereocenters. The number of benzene rings is 1. The third-order valence-corrected chi connectivity index (χ3v) is 4.83. The second-order valence-electron chi connectivity index (χ2n) is 7.32. The highest BCUT2D eigenvalue weighted by molar-refractivity contribution is 5.34. The van der Waals surface area contributed by atoms with Gasteiger partial charge in [-0.2, -0.15) is 0 Å². The molecule has 1 heterocycles. The van der Waals surface area contributed by atoms with Crippen molar-refractivity contribution < 1.29 is 4.92 Å². The molecule has 0 amide bonds. The Kier molecular flexibility index (Phi) is 5.96. The highest BCUT2D eigenvalue weighted by Gasteiger charge is 2.42. The summed E-state index contributed by atoms with van der Waals surface area (Å²) in [5.74, 6) is -0.0569. The summed E-state index contributed by atoms with van der Waals surface area (Å²) in [7, 11) is 0. The molecule has 0 bridgehead atoms. The molecular formula is C21H28N2O2. The van der Waals surface area contributed by atoms with Gasteiger partial charge in [0.1, 0.15) is 0 Å². The summed E-state index contributed by atoms with van der Waals surface area (Å²) >= 11 is 0. The molecule has 1 aliphatic heterocycles. The molecule has 25 heavy (non-hydrogen) atoms. The summed E-state index contributed by atoms with van der Waals surface area (Å²) in [6.45, 7) is 6.27. The molecule has 0 aromatic heterocycles. The molecule has 4 nitrogen and oxygen atoms in total. The number of allylic oxidation sites excluding steroid dienone is 5. The van der Waals surface area contributed by atoms with Crippen LogP contribution in [-0.4, -0.2) is 29.0 Å². The number of rotatable bonds is 4. The van der Waals surface area contributed by atoms with Crippen LogP contribution in [0.4, 0.5) is 0 Å². The number of nitro groups is 1. The van der Waals surface area contributed by atoms with Gasteiger partial charge in [-0.3, -0.25) is 15.0 Å². The number of likely N-dealkylation sites (tertiary alicyclic amines) is 1. The molecule has 134 valence electrons. The predicted octanol–water partition coefficient (Wildman–Crippen LogP) is 4.48. The van der Waals surface area contributed by atoms with E-state index in [1.807, 2.05) is 30.4 Å². The Hall–Kier alpha value is -2.20. The SMILES string of the molecule is C.CC1(C)C=CC=C(C2CN(Cc3ccccc3)CC2[N+](=O)[O-])C=C1. The van der Waals surface area contributed by atoms with Crippen molar-refractivity contribution in [1.82, 2.24) is 4.90 Å². The molecule has 3 rings (SSSR count). The van der Waals surface area contributed by atoms with Crippen molar-refractivity contribution in [3.63, 3.8) is 0 Å². The lowest BCUT2D eigenvalue weighted by atomic mass is 9.90. The van der Waals surface area contributed by atoms with Crippen molar-refractivity contribution in [2.45, 2.75) is 33.9 Å². The number of hydrogen-bond donors (Lipinski definition) is 0. The molecule has 0 N–H and O–H groups in total. The van der Waals surface area contributed by atoms with Crippen LogP contribution in [0.15, 0.2) is 66.3 Å². The Bertz CT molecular complexity index is 689. The van der Waals surface area contributed by atoms with E-state index >= 15 is 0 Å². The lowest BCUT2D eigenvalue weighted by Gasteiger charge is -2.16. The molecule has 0 radical (unpaired) electrons.